The van der Waals surface area contributed by atoms with Gasteiger partial charge in [-0.25, -0.2) is 8.42 Å². The summed E-state index contributed by atoms with van der Waals surface area (Å²) in [6, 6.07) is 6.21. The summed E-state index contributed by atoms with van der Waals surface area (Å²) in [5.41, 5.74) is 3.47. The Hall–Kier alpha value is -1.09. The van der Waals surface area contributed by atoms with Gasteiger partial charge in [0.15, 0.2) is 9.84 Å². The first-order valence-corrected chi connectivity index (χ1v) is 6.67. The average molecular weight is 222 g/mol. The molecule has 0 amide bonds. The summed E-state index contributed by atoms with van der Waals surface area (Å²) in [7, 11) is -2.95. The van der Waals surface area contributed by atoms with Crippen LogP contribution in [0.5, 0.6) is 0 Å². The molecule has 0 N–H and O–H groups in total. The second-order valence-electron chi connectivity index (χ2n) is 4.19. The van der Waals surface area contributed by atoms with Gasteiger partial charge in [0, 0.05) is 11.3 Å². The van der Waals surface area contributed by atoms with Crippen LogP contribution >= 0.6 is 0 Å². The molecular weight excluding hydrogens is 208 g/mol. The molecule has 1 aromatic rings. The van der Waals surface area contributed by atoms with Crippen LogP contribution in [0.4, 0.5) is 0 Å². The predicted molar refractivity (Wildman–Crippen MR) is 61.6 cm³/mol. The molecule has 0 saturated carbocycles. The molecule has 1 aromatic carbocycles. The Labute approximate surface area is 90.6 Å². The van der Waals surface area contributed by atoms with Crippen LogP contribution in [-0.4, -0.2) is 14.2 Å². The first-order valence-electron chi connectivity index (χ1n) is 4.95. The van der Waals surface area contributed by atoms with E-state index in [4.69, 9.17) is 0 Å². The van der Waals surface area contributed by atoms with E-state index in [0.717, 1.165) is 5.56 Å². The number of rotatable bonds is 1. The Balaban J connectivity index is 2.36. The summed E-state index contributed by atoms with van der Waals surface area (Å²) in [6.07, 6.45) is 1.78. The summed E-state index contributed by atoms with van der Waals surface area (Å²) in [5, 5.41) is 1.33. The second-order valence-corrected chi connectivity index (χ2v) is 6.12. The monoisotopic (exact) mass is 222 g/mol. The van der Waals surface area contributed by atoms with Gasteiger partial charge in [-0.1, -0.05) is 35.4 Å². The van der Waals surface area contributed by atoms with Crippen LogP contribution in [0.15, 0.2) is 29.7 Å². The highest BCUT2D eigenvalue weighted by Gasteiger charge is 2.23. The lowest BCUT2D eigenvalue weighted by Gasteiger charge is -2.09. The molecule has 15 heavy (non-hydrogen) atoms. The molecule has 0 aliphatic carbocycles. The van der Waals surface area contributed by atoms with E-state index in [9.17, 15) is 8.42 Å². The van der Waals surface area contributed by atoms with Crippen molar-refractivity contribution >= 4 is 9.84 Å². The van der Waals surface area contributed by atoms with Crippen LogP contribution in [0.3, 0.4) is 0 Å². The van der Waals surface area contributed by atoms with Gasteiger partial charge in [-0.15, -0.1) is 0 Å². The van der Waals surface area contributed by atoms with Gasteiger partial charge in [-0.3, -0.25) is 0 Å². The molecule has 0 saturated heterocycles. The lowest BCUT2D eigenvalue weighted by atomic mass is 9.97. The molecule has 1 atom stereocenters. The standard InChI is InChI=1S/C12H14O2S/c1-9-5-10(2)7-12(6-9)11-3-4-15(13,14)8-11/h3-7,11H,8H2,1-2H3. The minimum atomic E-state index is -2.95. The number of aryl methyl sites for hydroxylation is 2. The SMILES string of the molecule is Cc1cc(C)cc(C2C=CS(=O)(=O)C2)c1. The van der Waals surface area contributed by atoms with Crippen LogP contribution in [0.1, 0.15) is 22.6 Å². The molecule has 1 aliphatic heterocycles. The summed E-state index contributed by atoms with van der Waals surface area (Å²) >= 11 is 0. The molecule has 3 heteroatoms. The fourth-order valence-electron chi connectivity index (χ4n) is 2.01. The summed E-state index contributed by atoms with van der Waals surface area (Å²) in [5.74, 6) is 0.254. The van der Waals surface area contributed by atoms with Gasteiger partial charge in [-0.2, -0.15) is 0 Å². The number of sulfone groups is 1. The Bertz CT molecular complexity index is 492. The van der Waals surface area contributed by atoms with Crippen LogP contribution < -0.4 is 0 Å². The van der Waals surface area contributed by atoms with Crippen molar-refractivity contribution in [3.63, 3.8) is 0 Å². The van der Waals surface area contributed by atoms with Crippen molar-refractivity contribution in [1.29, 1.82) is 0 Å². The molecule has 0 radical (unpaired) electrons. The maximum Gasteiger partial charge on any atom is 0.172 e. The van der Waals surface area contributed by atoms with Crippen molar-refractivity contribution in [2.75, 3.05) is 5.75 Å². The van der Waals surface area contributed by atoms with Crippen LogP contribution in [0, 0.1) is 13.8 Å². The number of allylic oxidation sites excluding steroid dienone is 1. The zero-order valence-corrected chi connectivity index (χ0v) is 9.71. The Morgan fingerprint density at radius 2 is 1.73 bits per heavy atom. The molecule has 1 aliphatic rings. The van der Waals surface area contributed by atoms with Crippen molar-refractivity contribution in [3.05, 3.63) is 46.4 Å². The molecular formula is C12H14O2S. The molecule has 0 fully saturated rings. The smallest absolute Gasteiger partial charge is 0.172 e. The predicted octanol–water partition coefficient (Wildman–Crippen LogP) is 2.33. The highest BCUT2D eigenvalue weighted by atomic mass is 32.2. The Kier molecular flexibility index (Phi) is 2.43. The van der Waals surface area contributed by atoms with Crippen LogP contribution in [0.25, 0.3) is 0 Å². The highest BCUT2D eigenvalue weighted by Crippen LogP contribution is 2.27. The third-order valence-corrected chi connectivity index (χ3v) is 4.00. The second kappa shape index (κ2) is 3.49. The van der Waals surface area contributed by atoms with Gasteiger partial charge < -0.3 is 0 Å². The maximum absolute atomic E-state index is 11.3. The fraction of sp³-hybridized carbons (Fsp3) is 0.333. The normalized spacial score (nSPS) is 23.2. The Morgan fingerprint density at radius 1 is 1.13 bits per heavy atom. The van der Waals surface area contributed by atoms with Crippen molar-refractivity contribution in [2.45, 2.75) is 19.8 Å². The largest absolute Gasteiger partial charge is 0.224 e. The Morgan fingerprint density at radius 3 is 2.20 bits per heavy atom. The minimum Gasteiger partial charge on any atom is -0.224 e. The first-order chi connectivity index (χ1) is 6.96. The van der Waals surface area contributed by atoms with Gasteiger partial charge in [-0.05, 0) is 19.4 Å². The molecule has 1 unspecified atom stereocenters. The van der Waals surface area contributed by atoms with Gasteiger partial charge in [0.05, 0.1) is 5.75 Å². The zero-order chi connectivity index (χ0) is 11.1. The molecule has 2 nitrogen and oxygen atoms in total. The van der Waals surface area contributed by atoms with Crippen molar-refractivity contribution in [1.82, 2.24) is 0 Å². The lowest BCUT2D eigenvalue weighted by molar-refractivity contribution is 0.604. The highest BCUT2D eigenvalue weighted by molar-refractivity contribution is 7.94. The summed E-state index contributed by atoms with van der Waals surface area (Å²) < 4.78 is 22.6. The van der Waals surface area contributed by atoms with E-state index in [1.165, 1.54) is 16.5 Å². The van der Waals surface area contributed by atoms with Gasteiger partial charge in [0.2, 0.25) is 0 Å². The minimum absolute atomic E-state index is 0.0357. The summed E-state index contributed by atoms with van der Waals surface area (Å²) in [4.78, 5) is 0. The van der Waals surface area contributed by atoms with Crippen LogP contribution in [-0.2, 0) is 9.84 Å². The van der Waals surface area contributed by atoms with Crippen molar-refractivity contribution in [3.8, 4) is 0 Å². The lowest BCUT2D eigenvalue weighted by Crippen LogP contribution is -2.04. The first kappa shape index (κ1) is 10.4. The number of hydrogen-bond donors (Lipinski definition) is 0. The van der Waals surface area contributed by atoms with Crippen molar-refractivity contribution < 1.29 is 8.42 Å². The molecule has 0 bridgehead atoms. The van der Waals surface area contributed by atoms with Gasteiger partial charge in [0.25, 0.3) is 0 Å². The van der Waals surface area contributed by atoms with E-state index in [1.54, 1.807) is 6.08 Å². The van der Waals surface area contributed by atoms with E-state index in [2.05, 4.69) is 18.2 Å². The molecule has 80 valence electrons. The zero-order valence-electron chi connectivity index (χ0n) is 8.90. The third kappa shape index (κ3) is 2.29. The molecule has 1 heterocycles. The van der Waals surface area contributed by atoms with Crippen molar-refractivity contribution in [2.24, 2.45) is 0 Å². The topological polar surface area (TPSA) is 34.1 Å². The number of benzene rings is 1. The average Bonchev–Trinajstić information content (AvgIpc) is 2.44. The van der Waals surface area contributed by atoms with E-state index in [-0.39, 0.29) is 11.7 Å². The third-order valence-electron chi connectivity index (χ3n) is 2.60. The van der Waals surface area contributed by atoms with E-state index in [1.807, 2.05) is 13.8 Å². The quantitative estimate of drug-likeness (QED) is 0.730. The molecule has 0 aromatic heterocycles. The van der Waals surface area contributed by atoms with Gasteiger partial charge in [0.1, 0.15) is 0 Å². The fourth-order valence-corrected chi connectivity index (χ4v) is 3.35. The summed E-state index contributed by atoms with van der Waals surface area (Å²) in [6.45, 7) is 4.06. The molecule has 2 rings (SSSR count). The van der Waals surface area contributed by atoms with E-state index >= 15 is 0 Å². The van der Waals surface area contributed by atoms with Gasteiger partial charge >= 0.3 is 0 Å². The van der Waals surface area contributed by atoms with E-state index in [0.29, 0.717) is 0 Å². The van der Waals surface area contributed by atoms with E-state index < -0.39 is 9.84 Å². The molecule has 0 spiro atoms. The maximum atomic E-state index is 11.3. The van der Waals surface area contributed by atoms with Crippen LogP contribution in [0.2, 0.25) is 0 Å². The number of hydrogen-bond acceptors (Lipinski definition) is 2.